The first kappa shape index (κ1) is 18.4. The first-order valence-corrected chi connectivity index (χ1v) is 10.5. The van der Waals surface area contributed by atoms with Gasteiger partial charge >= 0.3 is 0 Å². The molecule has 0 radical (unpaired) electrons. The molecular weight excluding hydrogens is 370 g/mol. The van der Waals surface area contributed by atoms with Crippen LogP contribution in [0.2, 0.25) is 0 Å². The van der Waals surface area contributed by atoms with Crippen LogP contribution >= 0.6 is 0 Å². The van der Waals surface area contributed by atoms with Crippen LogP contribution in [0.4, 0.5) is 0 Å². The number of rotatable bonds is 4. The number of carbonyl (C=O) groups is 1. The van der Waals surface area contributed by atoms with E-state index in [-0.39, 0.29) is 30.0 Å². The molecule has 2 aliphatic heterocycles. The van der Waals surface area contributed by atoms with Gasteiger partial charge in [-0.3, -0.25) is 4.79 Å². The Morgan fingerprint density at radius 3 is 2.78 bits per heavy atom. The highest BCUT2D eigenvalue weighted by molar-refractivity contribution is 7.89. The van der Waals surface area contributed by atoms with Gasteiger partial charge in [-0.2, -0.15) is 4.31 Å². The van der Waals surface area contributed by atoms with Gasteiger partial charge < -0.3 is 20.4 Å². The predicted octanol–water partition coefficient (Wildman–Crippen LogP) is -0.0979. The fourth-order valence-electron chi connectivity index (χ4n) is 3.70. The second kappa shape index (κ2) is 7.19. The van der Waals surface area contributed by atoms with Gasteiger partial charge in [-0.25, -0.2) is 13.4 Å². The number of nitrogens with two attached hydrogens (primary N) is 1. The van der Waals surface area contributed by atoms with E-state index in [0.29, 0.717) is 37.1 Å². The third-order valence-electron chi connectivity index (χ3n) is 5.23. The van der Waals surface area contributed by atoms with E-state index >= 15 is 0 Å². The van der Waals surface area contributed by atoms with E-state index < -0.39 is 16.1 Å². The number of carbonyl (C=O) groups excluding carboxylic acids is 1. The van der Waals surface area contributed by atoms with Crippen LogP contribution in [-0.2, 0) is 19.6 Å². The van der Waals surface area contributed by atoms with Crippen LogP contribution in [0, 0.1) is 0 Å². The van der Waals surface area contributed by atoms with Gasteiger partial charge in [-0.05, 0) is 25.0 Å². The van der Waals surface area contributed by atoms with Crippen LogP contribution < -0.4 is 5.73 Å². The summed E-state index contributed by atoms with van der Waals surface area (Å²) in [6.45, 7) is 1.63. The highest BCUT2D eigenvalue weighted by Crippen LogP contribution is 2.26. The van der Waals surface area contributed by atoms with Crippen LogP contribution in [0.25, 0.3) is 11.0 Å². The summed E-state index contributed by atoms with van der Waals surface area (Å²) in [4.78, 5) is 21.5. The van der Waals surface area contributed by atoms with Gasteiger partial charge in [0.15, 0.2) is 0 Å². The van der Waals surface area contributed by atoms with Crippen molar-refractivity contribution >= 4 is 27.0 Å². The molecule has 2 atom stereocenters. The average molecular weight is 393 g/mol. The third kappa shape index (κ3) is 3.33. The normalized spacial score (nSPS) is 24.6. The lowest BCUT2D eigenvalue weighted by Crippen LogP contribution is -2.52. The topological polar surface area (TPSA) is 122 Å². The number of aromatic amines is 1. The maximum atomic E-state index is 13.0. The van der Waals surface area contributed by atoms with Gasteiger partial charge in [-0.1, -0.05) is 0 Å². The van der Waals surface area contributed by atoms with Crippen LogP contribution in [0.3, 0.4) is 0 Å². The quantitative estimate of drug-likeness (QED) is 0.748. The molecule has 0 spiro atoms. The van der Waals surface area contributed by atoms with E-state index in [0.717, 1.165) is 6.42 Å². The minimum absolute atomic E-state index is 0.0592. The lowest BCUT2D eigenvalue weighted by Gasteiger charge is -2.35. The summed E-state index contributed by atoms with van der Waals surface area (Å²) >= 11 is 0. The molecule has 2 aromatic rings. The van der Waals surface area contributed by atoms with E-state index in [1.807, 2.05) is 0 Å². The molecular formula is C17H23N5O4S. The van der Waals surface area contributed by atoms with Crippen molar-refractivity contribution in [2.75, 3.05) is 32.7 Å². The molecule has 0 aromatic carbocycles. The van der Waals surface area contributed by atoms with Crippen molar-refractivity contribution in [1.82, 2.24) is 19.2 Å². The lowest BCUT2D eigenvalue weighted by molar-refractivity contribution is -0.143. The number of nitrogens with one attached hydrogen (secondary N) is 1. The summed E-state index contributed by atoms with van der Waals surface area (Å²) in [6, 6.07) is 3.44. The van der Waals surface area contributed by atoms with Crippen molar-refractivity contribution < 1.29 is 17.9 Å². The summed E-state index contributed by atoms with van der Waals surface area (Å²) in [5.74, 6) is -0.0701. The van der Waals surface area contributed by atoms with Crippen LogP contribution in [-0.4, -0.2) is 78.4 Å². The minimum atomic E-state index is -3.65. The van der Waals surface area contributed by atoms with Gasteiger partial charge in [0.25, 0.3) is 5.91 Å². The van der Waals surface area contributed by atoms with E-state index in [1.165, 1.54) is 10.5 Å². The molecule has 4 heterocycles. The predicted molar refractivity (Wildman–Crippen MR) is 98.4 cm³/mol. The van der Waals surface area contributed by atoms with E-state index in [9.17, 15) is 13.2 Å². The minimum Gasteiger partial charge on any atom is -0.364 e. The van der Waals surface area contributed by atoms with Gasteiger partial charge in [0.2, 0.25) is 10.0 Å². The Hall–Kier alpha value is -2.01. The second-order valence-corrected chi connectivity index (χ2v) is 8.75. The summed E-state index contributed by atoms with van der Waals surface area (Å²) in [5.41, 5.74) is 6.14. The molecule has 3 N–H and O–H groups in total. The Balaban J connectivity index is 1.43. The van der Waals surface area contributed by atoms with Gasteiger partial charge in [0.05, 0.1) is 6.10 Å². The molecule has 2 aromatic heterocycles. The Morgan fingerprint density at radius 1 is 1.30 bits per heavy atom. The standard InChI is InChI=1S/C17H23N5O4S/c18-10-12-3-4-14(26-12)17(23)21-6-8-22(9-7-21)27(24,25)15-11-20-16-13(15)2-1-5-19-16/h1-2,5,11-12,14H,3-4,6-10,18H2,(H,19,20)/t12-,14+/m1/s1. The molecule has 27 heavy (non-hydrogen) atoms. The molecule has 146 valence electrons. The van der Waals surface area contributed by atoms with Crippen molar-refractivity contribution in [1.29, 1.82) is 0 Å². The average Bonchev–Trinajstić information content (AvgIpc) is 3.34. The SMILES string of the molecule is NC[C@H]1CC[C@@H](C(=O)N2CCN(S(=O)(=O)c3c[nH]c4ncccc34)CC2)O1. The lowest BCUT2D eigenvalue weighted by atomic mass is 10.1. The molecule has 0 saturated carbocycles. The van der Waals surface area contributed by atoms with Gasteiger partial charge in [0.1, 0.15) is 16.6 Å². The maximum absolute atomic E-state index is 13.0. The number of nitrogens with zero attached hydrogens (tertiary/aromatic N) is 3. The van der Waals surface area contributed by atoms with Crippen molar-refractivity contribution in [2.24, 2.45) is 5.73 Å². The highest BCUT2D eigenvalue weighted by Gasteiger charge is 2.36. The van der Waals surface area contributed by atoms with E-state index in [2.05, 4.69) is 9.97 Å². The van der Waals surface area contributed by atoms with E-state index in [4.69, 9.17) is 10.5 Å². The van der Waals surface area contributed by atoms with Crippen LogP contribution in [0.1, 0.15) is 12.8 Å². The zero-order valence-corrected chi connectivity index (χ0v) is 15.7. The Labute approximate surface area is 157 Å². The smallest absolute Gasteiger partial charge is 0.251 e. The molecule has 9 nitrogen and oxygen atoms in total. The zero-order chi connectivity index (χ0) is 19.0. The number of amides is 1. The Morgan fingerprint density at radius 2 is 2.07 bits per heavy atom. The number of ether oxygens (including phenoxy) is 1. The number of H-pyrrole nitrogens is 1. The number of hydrogen-bond acceptors (Lipinski definition) is 6. The summed E-state index contributed by atoms with van der Waals surface area (Å²) in [7, 11) is -3.65. The zero-order valence-electron chi connectivity index (χ0n) is 14.9. The van der Waals surface area contributed by atoms with Crippen molar-refractivity contribution in [2.45, 2.75) is 29.9 Å². The third-order valence-corrected chi connectivity index (χ3v) is 7.17. The molecule has 1 amide bonds. The number of sulfonamides is 1. The maximum Gasteiger partial charge on any atom is 0.251 e. The van der Waals surface area contributed by atoms with Crippen LogP contribution in [0.15, 0.2) is 29.4 Å². The van der Waals surface area contributed by atoms with Crippen LogP contribution in [0.5, 0.6) is 0 Å². The molecule has 0 aliphatic carbocycles. The van der Waals surface area contributed by atoms with Crippen molar-refractivity contribution in [3.05, 3.63) is 24.5 Å². The molecule has 0 unspecified atom stereocenters. The molecule has 2 fully saturated rings. The number of hydrogen-bond donors (Lipinski definition) is 2. The number of aromatic nitrogens is 2. The summed E-state index contributed by atoms with van der Waals surface area (Å²) in [6.07, 6.45) is 4.03. The fraction of sp³-hybridized carbons (Fsp3) is 0.529. The second-order valence-electron chi connectivity index (χ2n) is 6.84. The molecule has 2 saturated heterocycles. The summed E-state index contributed by atoms with van der Waals surface area (Å²) in [5, 5.41) is 0.572. The molecule has 0 bridgehead atoms. The van der Waals surface area contributed by atoms with E-state index in [1.54, 1.807) is 23.2 Å². The largest absolute Gasteiger partial charge is 0.364 e. The molecule has 10 heteroatoms. The molecule has 2 aliphatic rings. The number of pyridine rings is 1. The monoisotopic (exact) mass is 393 g/mol. The highest BCUT2D eigenvalue weighted by atomic mass is 32.2. The summed E-state index contributed by atoms with van der Waals surface area (Å²) < 4.78 is 33.1. The number of fused-ring (bicyclic) bond motifs is 1. The van der Waals surface area contributed by atoms with Crippen molar-refractivity contribution in [3.63, 3.8) is 0 Å². The fourth-order valence-corrected chi connectivity index (χ4v) is 5.27. The Bertz CT molecular complexity index is 936. The Kier molecular flexibility index (Phi) is 4.89. The van der Waals surface area contributed by atoms with Gasteiger partial charge in [-0.15, -0.1) is 0 Å². The van der Waals surface area contributed by atoms with Gasteiger partial charge in [0, 0.05) is 50.5 Å². The first-order chi connectivity index (χ1) is 13.0. The van der Waals surface area contributed by atoms with Crippen molar-refractivity contribution in [3.8, 4) is 0 Å². The number of piperazine rings is 1. The first-order valence-electron chi connectivity index (χ1n) is 9.07. The molecule has 4 rings (SSSR count).